The van der Waals surface area contributed by atoms with Crippen LogP contribution in [0.1, 0.15) is 51.9 Å². The Morgan fingerprint density at radius 3 is 2.32 bits per heavy atom. The summed E-state index contributed by atoms with van der Waals surface area (Å²) in [6.45, 7) is 2.24. The third-order valence-corrected chi connectivity index (χ3v) is 7.75. The number of carbonyl (C=O) groups is 1. The predicted molar refractivity (Wildman–Crippen MR) is 92.4 cm³/mol. The number of hydrogen-bond donors (Lipinski definition) is 0. The van der Waals surface area contributed by atoms with E-state index in [0.29, 0.717) is 0 Å². The van der Waals surface area contributed by atoms with Crippen LogP contribution in [0.5, 0.6) is 0 Å². The Hall–Kier alpha value is -0.140. The molecule has 0 aromatic rings. The van der Waals surface area contributed by atoms with Crippen molar-refractivity contribution >= 4 is 16.9 Å². The van der Waals surface area contributed by atoms with Crippen LogP contribution < -0.4 is 0 Å². The fourth-order valence-electron chi connectivity index (χ4n) is 6.17. The van der Waals surface area contributed by atoms with E-state index in [0.717, 1.165) is 12.8 Å². The lowest BCUT2D eigenvalue weighted by atomic mass is 9.78. The number of ether oxygens (including phenoxy) is 4. The van der Waals surface area contributed by atoms with Crippen molar-refractivity contribution in [3.63, 3.8) is 0 Å². The van der Waals surface area contributed by atoms with Crippen LogP contribution in [0.3, 0.4) is 0 Å². The van der Waals surface area contributed by atoms with E-state index in [4.69, 9.17) is 18.9 Å². The van der Waals surface area contributed by atoms with Crippen LogP contribution in [0, 0.1) is 29.6 Å². The quantitative estimate of drug-likeness (QED) is 0.611. The van der Waals surface area contributed by atoms with Crippen molar-refractivity contribution in [2.75, 3.05) is 6.26 Å². The lowest BCUT2D eigenvalue weighted by molar-refractivity contribution is -0.401. The minimum Gasteiger partial charge on any atom is -0.323 e. The number of carbonyl (C=O) groups excluding carboxylic acids is 1. The first-order chi connectivity index (χ1) is 12.2. The molecule has 0 amide bonds. The predicted octanol–water partition coefficient (Wildman–Crippen LogP) is 3.52. The van der Waals surface area contributed by atoms with Gasteiger partial charge in [-0.05, 0) is 12.7 Å². The fourth-order valence-corrected chi connectivity index (χ4v) is 6.75. The Morgan fingerprint density at radius 2 is 1.60 bits per heavy atom. The van der Waals surface area contributed by atoms with Gasteiger partial charge in [-0.2, -0.15) is 0 Å². The molecule has 4 aliphatic heterocycles. The second kappa shape index (κ2) is 6.20. The Labute approximate surface area is 153 Å². The van der Waals surface area contributed by atoms with E-state index in [1.54, 1.807) is 0 Å². The third kappa shape index (κ3) is 2.27. The van der Waals surface area contributed by atoms with Gasteiger partial charge in [-0.3, -0.25) is 4.79 Å². The summed E-state index contributed by atoms with van der Waals surface area (Å²) in [4.78, 5) is 12.7. The highest BCUT2D eigenvalue weighted by molar-refractivity contribution is 8.13. The van der Waals surface area contributed by atoms with Crippen LogP contribution in [0.25, 0.3) is 0 Å². The summed E-state index contributed by atoms with van der Waals surface area (Å²) < 4.78 is 24.8. The zero-order valence-corrected chi connectivity index (χ0v) is 15.8. The van der Waals surface area contributed by atoms with E-state index in [-0.39, 0.29) is 53.6 Å². The van der Waals surface area contributed by atoms with Gasteiger partial charge in [-0.15, -0.1) is 0 Å². The lowest BCUT2D eigenvalue weighted by Gasteiger charge is -2.45. The summed E-state index contributed by atoms with van der Waals surface area (Å²) in [7, 11) is 0. The summed E-state index contributed by atoms with van der Waals surface area (Å²) in [6, 6.07) is 0. The monoisotopic (exact) mass is 368 g/mol. The molecular weight excluding hydrogens is 340 g/mol. The first-order valence-electron chi connectivity index (χ1n) is 9.94. The first kappa shape index (κ1) is 17.0. The van der Waals surface area contributed by atoms with E-state index in [9.17, 15) is 4.79 Å². The van der Waals surface area contributed by atoms with Gasteiger partial charge in [-0.25, -0.2) is 0 Å². The van der Waals surface area contributed by atoms with Gasteiger partial charge in [0.2, 0.25) is 0 Å². The van der Waals surface area contributed by atoms with E-state index in [2.05, 4.69) is 6.92 Å². The maximum absolute atomic E-state index is 12.7. The smallest absolute Gasteiger partial charge is 0.192 e. The molecule has 4 heterocycles. The summed E-state index contributed by atoms with van der Waals surface area (Å²) in [6.07, 6.45) is 9.33. The standard InChI is InChI=1S/C19H28O5S/c1-3-4-5-6-7-8-9-19-14-12(15(20)25-2)10-11-13(14)18(24-19)22-16(11)21-17(10)23-19/h10-14,16-18H,3-9H2,1-2H3/t10?,11?,12-,13?,14?,16+,17+,18+,19+/m1/s1. The molecule has 1 aliphatic carbocycles. The molecule has 5 fully saturated rings. The van der Waals surface area contributed by atoms with Gasteiger partial charge in [0.1, 0.15) is 0 Å². The van der Waals surface area contributed by atoms with E-state index in [1.807, 2.05) is 6.26 Å². The third-order valence-electron chi connectivity index (χ3n) is 7.08. The van der Waals surface area contributed by atoms with Crippen molar-refractivity contribution in [1.82, 2.24) is 0 Å². The normalized spacial score (nSPS) is 51.0. The molecule has 4 unspecified atom stereocenters. The van der Waals surface area contributed by atoms with E-state index in [1.165, 1.54) is 43.9 Å². The van der Waals surface area contributed by atoms with Crippen molar-refractivity contribution in [2.45, 2.75) is 76.5 Å². The highest BCUT2D eigenvalue weighted by Crippen LogP contribution is 2.71. The minimum absolute atomic E-state index is 0.00254. The molecule has 0 radical (unpaired) electrons. The zero-order chi connectivity index (χ0) is 17.2. The van der Waals surface area contributed by atoms with Gasteiger partial charge in [0.25, 0.3) is 0 Å². The molecule has 2 bridgehead atoms. The second-order valence-corrected chi connectivity index (χ2v) is 9.06. The van der Waals surface area contributed by atoms with Crippen LogP contribution in [-0.2, 0) is 23.7 Å². The summed E-state index contributed by atoms with van der Waals surface area (Å²) in [5.41, 5.74) is 0. The molecule has 25 heavy (non-hydrogen) atoms. The van der Waals surface area contributed by atoms with Gasteiger partial charge < -0.3 is 18.9 Å². The SMILES string of the molecule is CCCCCCCC[C@@]12O[C@@H]3O[C@@H]4O[C@@H](O1)C1C4C3C2[C@@H]1C(=O)SC. The van der Waals surface area contributed by atoms with Gasteiger partial charge in [0.05, 0.1) is 0 Å². The fraction of sp³-hybridized carbons (Fsp3) is 0.947. The van der Waals surface area contributed by atoms with Crippen LogP contribution in [-0.4, -0.2) is 36.0 Å². The number of rotatable bonds is 8. The highest BCUT2D eigenvalue weighted by atomic mass is 32.2. The molecule has 5 rings (SSSR count). The minimum atomic E-state index is -0.669. The Balaban J connectivity index is 1.35. The molecule has 0 spiro atoms. The maximum atomic E-state index is 12.7. The zero-order valence-electron chi connectivity index (χ0n) is 15.0. The number of unbranched alkanes of at least 4 members (excludes halogenated alkanes) is 5. The van der Waals surface area contributed by atoms with Gasteiger partial charge in [0, 0.05) is 36.0 Å². The summed E-state index contributed by atoms with van der Waals surface area (Å²) in [5, 5.41) is 0.276. The maximum Gasteiger partial charge on any atom is 0.192 e. The van der Waals surface area contributed by atoms with Crippen molar-refractivity contribution in [1.29, 1.82) is 0 Å². The molecule has 0 aromatic heterocycles. The van der Waals surface area contributed by atoms with Crippen LogP contribution in [0.2, 0.25) is 0 Å². The first-order valence-corrected chi connectivity index (χ1v) is 11.2. The van der Waals surface area contributed by atoms with E-state index < -0.39 is 5.79 Å². The van der Waals surface area contributed by atoms with Crippen LogP contribution in [0.4, 0.5) is 0 Å². The van der Waals surface area contributed by atoms with Crippen LogP contribution >= 0.6 is 11.8 Å². The molecular formula is C19H28O5S. The van der Waals surface area contributed by atoms with Crippen molar-refractivity contribution < 1.29 is 23.7 Å². The summed E-state index contributed by atoms with van der Waals surface area (Å²) >= 11 is 1.35. The average molecular weight is 368 g/mol. The lowest BCUT2D eigenvalue weighted by Crippen LogP contribution is -2.54. The van der Waals surface area contributed by atoms with Gasteiger partial charge in [-0.1, -0.05) is 50.8 Å². The highest BCUT2D eigenvalue weighted by Gasteiger charge is 2.81. The van der Waals surface area contributed by atoms with Crippen molar-refractivity contribution in [2.24, 2.45) is 29.6 Å². The molecule has 6 heteroatoms. The molecule has 9 atom stereocenters. The molecule has 1 saturated carbocycles. The van der Waals surface area contributed by atoms with Gasteiger partial charge in [0.15, 0.2) is 29.8 Å². The Kier molecular flexibility index (Phi) is 4.21. The molecule has 0 N–H and O–H groups in total. The van der Waals surface area contributed by atoms with Crippen LogP contribution in [0.15, 0.2) is 0 Å². The van der Waals surface area contributed by atoms with Crippen molar-refractivity contribution in [3.8, 4) is 0 Å². The molecule has 0 aromatic carbocycles. The molecule has 4 saturated heterocycles. The summed E-state index contributed by atoms with van der Waals surface area (Å²) in [5.74, 6) is 0.179. The topological polar surface area (TPSA) is 54.0 Å². The molecule has 5 aliphatic rings. The van der Waals surface area contributed by atoms with Crippen molar-refractivity contribution in [3.05, 3.63) is 0 Å². The number of thioether (sulfide) groups is 1. The Morgan fingerprint density at radius 1 is 0.920 bits per heavy atom. The molecule has 5 nitrogen and oxygen atoms in total. The Bertz CT molecular complexity index is 556. The second-order valence-electron chi connectivity index (χ2n) is 8.25. The van der Waals surface area contributed by atoms with Gasteiger partial charge >= 0.3 is 0 Å². The van der Waals surface area contributed by atoms with E-state index >= 15 is 0 Å². The molecule has 140 valence electrons. The largest absolute Gasteiger partial charge is 0.323 e. The average Bonchev–Trinajstić information content (AvgIpc) is 3.27. The number of hydrogen-bond acceptors (Lipinski definition) is 6.